The van der Waals surface area contributed by atoms with Crippen molar-refractivity contribution in [2.45, 2.75) is 19.4 Å². The second kappa shape index (κ2) is 9.10. The quantitative estimate of drug-likeness (QED) is 0.212. The number of carboxylic acid groups (broad SMARTS) is 1. The maximum absolute atomic E-state index is 14.1. The van der Waals surface area contributed by atoms with Crippen molar-refractivity contribution < 1.29 is 24.0 Å². The number of nitro benzene ring substituents is 1. The number of nitrogens with zero attached hydrogens (tertiary/aromatic N) is 4. The van der Waals surface area contributed by atoms with Gasteiger partial charge in [-0.25, -0.2) is 14.8 Å². The van der Waals surface area contributed by atoms with Crippen LogP contribution in [0.4, 0.5) is 21.7 Å². The minimum Gasteiger partial charge on any atom is -0.494 e. The molecule has 1 aliphatic heterocycles. The Labute approximate surface area is 203 Å². The van der Waals surface area contributed by atoms with E-state index in [9.17, 15) is 19.3 Å². The van der Waals surface area contributed by atoms with Gasteiger partial charge >= 0.3 is 11.7 Å². The van der Waals surface area contributed by atoms with Crippen molar-refractivity contribution in [2.24, 2.45) is 0 Å². The third kappa shape index (κ3) is 4.11. The number of aromatic nitrogens is 3. The summed E-state index contributed by atoms with van der Waals surface area (Å²) in [6.45, 7) is 0.848. The van der Waals surface area contributed by atoms with Crippen LogP contribution in [0.15, 0.2) is 48.8 Å². The monoisotopic (exact) mass is 489 g/mol. The fourth-order valence-electron chi connectivity index (χ4n) is 4.47. The minimum atomic E-state index is -1.12. The molecule has 0 unspecified atom stereocenters. The largest absolute Gasteiger partial charge is 0.494 e. The van der Waals surface area contributed by atoms with Crippen LogP contribution in [-0.2, 0) is 17.8 Å². The van der Waals surface area contributed by atoms with E-state index in [4.69, 9.17) is 9.84 Å². The van der Waals surface area contributed by atoms with Gasteiger partial charge in [0.25, 0.3) is 0 Å². The van der Waals surface area contributed by atoms with Gasteiger partial charge in [-0.2, -0.15) is 4.39 Å². The van der Waals surface area contributed by atoms with Gasteiger partial charge in [0.15, 0.2) is 0 Å². The van der Waals surface area contributed by atoms with Crippen LogP contribution in [-0.4, -0.2) is 37.6 Å². The second-order valence-corrected chi connectivity index (χ2v) is 8.21. The predicted octanol–water partition coefficient (Wildman–Crippen LogP) is 4.94. The van der Waals surface area contributed by atoms with E-state index in [0.717, 1.165) is 54.1 Å². The lowest BCUT2D eigenvalue weighted by Crippen LogP contribution is -2.05. The molecule has 10 nitrogen and oxygen atoms in total. The van der Waals surface area contributed by atoms with Gasteiger partial charge in [0.1, 0.15) is 5.75 Å². The number of anilines is 2. The summed E-state index contributed by atoms with van der Waals surface area (Å²) < 4.78 is 21.4. The summed E-state index contributed by atoms with van der Waals surface area (Å²) >= 11 is 0. The average molecular weight is 489 g/mol. The summed E-state index contributed by atoms with van der Waals surface area (Å²) in [6, 6.07) is 7.98. The maximum Gasteiger partial charge on any atom is 0.328 e. The van der Waals surface area contributed by atoms with E-state index in [2.05, 4.69) is 25.9 Å². The number of benzene rings is 2. The Kier molecular flexibility index (Phi) is 5.80. The van der Waals surface area contributed by atoms with Gasteiger partial charge in [-0.1, -0.05) is 18.2 Å². The number of nitro groups is 1. The second-order valence-electron chi connectivity index (χ2n) is 8.21. The number of para-hydroxylation sites is 1. The van der Waals surface area contributed by atoms with Crippen LogP contribution >= 0.6 is 0 Å². The van der Waals surface area contributed by atoms with Crippen molar-refractivity contribution >= 4 is 40.3 Å². The first-order chi connectivity index (χ1) is 17.4. The molecule has 4 aromatic rings. The molecule has 1 aliphatic rings. The number of carboxylic acids is 1. The molecular formula is C25H20FN5O5. The number of halogens is 1. The van der Waals surface area contributed by atoms with Crippen molar-refractivity contribution in [3.8, 4) is 17.0 Å². The predicted molar refractivity (Wildman–Crippen MR) is 131 cm³/mol. The van der Waals surface area contributed by atoms with E-state index in [1.807, 2.05) is 18.3 Å². The first-order valence-corrected chi connectivity index (χ1v) is 11.0. The van der Waals surface area contributed by atoms with Crippen LogP contribution in [0, 0.1) is 15.9 Å². The maximum atomic E-state index is 14.1. The summed E-state index contributed by atoms with van der Waals surface area (Å²) in [4.78, 5) is 30.5. The highest BCUT2D eigenvalue weighted by atomic mass is 19.1. The number of hydrogen-bond donors (Lipinski definition) is 2. The molecule has 0 radical (unpaired) electrons. The zero-order chi connectivity index (χ0) is 25.4. The number of rotatable bonds is 7. The molecule has 0 spiro atoms. The van der Waals surface area contributed by atoms with Gasteiger partial charge in [0, 0.05) is 53.7 Å². The van der Waals surface area contributed by atoms with Crippen molar-refractivity contribution in [3.05, 3.63) is 75.9 Å². The lowest BCUT2D eigenvalue weighted by Gasteiger charge is -2.14. The molecular weight excluding hydrogens is 469 g/mol. The van der Waals surface area contributed by atoms with Gasteiger partial charge in [0.05, 0.1) is 28.9 Å². The molecule has 182 valence electrons. The lowest BCUT2D eigenvalue weighted by atomic mass is 10.0. The van der Waals surface area contributed by atoms with Crippen LogP contribution in [0.1, 0.15) is 17.5 Å². The molecule has 0 amide bonds. The highest BCUT2D eigenvalue weighted by Gasteiger charge is 2.22. The van der Waals surface area contributed by atoms with Gasteiger partial charge in [-0.3, -0.25) is 10.1 Å². The number of nitrogens with one attached hydrogen (secondary N) is 1. The molecule has 0 bridgehead atoms. The molecule has 11 heteroatoms. The van der Waals surface area contributed by atoms with E-state index in [1.54, 1.807) is 0 Å². The highest BCUT2D eigenvalue weighted by molar-refractivity contribution is 5.99. The molecule has 0 atom stereocenters. The summed E-state index contributed by atoms with van der Waals surface area (Å²) in [5, 5.41) is 24.2. The molecule has 36 heavy (non-hydrogen) atoms. The zero-order valence-corrected chi connectivity index (χ0v) is 19.1. The summed E-state index contributed by atoms with van der Waals surface area (Å²) in [5.74, 6) is -2.05. The van der Waals surface area contributed by atoms with Gasteiger partial charge in [0.2, 0.25) is 11.8 Å². The molecule has 5 rings (SSSR count). The first kappa shape index (κ1) is 23.0. The molecule has 0 saturated carbocycles. The number of methoxy groups -OCH3 is 1. The zero-order valence-electron chi connectivity index (χ0n) is 19.1. The smallest absolute Gasteiger partial charge is 0.328 e. The highest BCUT2D eigenvalue weighted by Crippen LogP contribution is 2.37. The topological polar surface area (TPSA) is 132 Å². The van der Waals surface area contributed by atoms with E-state index >= 15 is 0 Å². The lowest BCUT2D eigenvalue weighted by molar-refractivity contribution is -0.387. The molecule has 2 N–H and O–H groups in total. The van der Waals surface area contributed by atoms with E-state index in [0.29, 0.717) is 11.3 Å². The van der Waals surface area contributed by atoms with Gasteiger partial charge < -0.3 is 19.7 Å². The van der Waals surface area contributed by atoms with E-state index in [1.165, 1.54) is 24.9 Å². The number of ether oxygens (including phenoxy) is 1. The van der Waals surface area contributed by atoms with Crippen molar-refractivity contribution in [3.63, 3.8) is 0 Å². The van der Waals surface area contributed by atoms with E-state index < -0.39 is 22.4 Å². The van der Waals surface area contributed by atoms with Crippen LogP contribution in [0.25, 0.3) is 28.2 Å². The van der Waals surface area contributed by atoms with Crippen molar-refractivity contribution in [1.82, 2.24) is 14.5 Å². The third-order valence-electron chi connectivity index (χ3n) is 6.02. The van der Waals surface area contributed by atoms with Crippen LogP contribution < -0.4 is 10.1 Å². The Balaban J connectivity index is 1.66. The molecule has 3 heterocycles. The standard InChI is InChI=1S/C25H20FN5O5/c1-36-21-10-18(26)20(31(34)35)11-19(21)28-25-27-12-15(7-8-22(32)33)23(29-25)17-13-30-9-3-5-14-4-2-6-16(17)24(14)30/h2,4,6-8,10-13H,3,5,9H2,1H3,(H,32,33)(H,27,28,29). The van der Waals surface area contributed by atoms with Gasteiger partial charge in [-0.05, 0) is 24.5 Å². The number of aryl methyl sites for hydroxylation is 2. The number of carbonyl (C=O) groups is 1. The molecule has 2 aromatic heterocycles. The SMILES string of the molecule is COc1cc(F)c([N+](=O)[O-])cc1Nc1ncc(C=CC(=O)O)c(-c2cn3c4c(cccc24)CCC3)n1. The van der Waals surface area contributed by atoms with E-state index in [-0.39, 0.29) is 17.4 Å². The molecule has 0 aliphatic carbocycles. The summed E-state index contributed by atoms with van der Waals surface area (Å²) in [5.41, 5.74) is 3.45. The van der Waals surface area contributed by atoms with Gasteiger partial charge in [-0.15, -0.1) is 0 Å². The third-order valence-corrected chi connectivity index (χ3v) is 6.02. The van der Waals surface area contributed by atoms with Crippen LogP contribution in [0.5, 0.6) is 5.75 Å². The number of hydrogen-bond acceptors (Lipinski definition) is 7. The molecule has 2 aromatic carbocycles. The first-order valence-electron chi connectivity index (χ1n) is 11.0. The fourth-order valence-corrected chi connectivity index (χ4v) is 4.47. The Bertz CT molecular complexity index is 1560. The number of aliphatic carboxylic acids is 1. The summed E-state index contributed by atoms with van der Waals surface area (Å²) in [7, 11) is 1.31. The Morgan fingerprint density at radius 1 is 1.36 bits per heavy atom. The Hall–Kier alpha value is -4.80. The molecule has 0 saturated heterocycles. The minimum absolute atomic E-state index is 0.0326. The fraction of sp³-hybridized carbons (Fsp3) is 0.160. The average Bonchev–Trinajstić information content (AvgIpc) is 3.24. The van der Waals surface area contributed by atoms with Crippen LogP contribution in [0.3, 0.4) is 0 Å². The van der Waals surface area contributed by atoms with Crippen molar-refractivity contribution in [1.29, 1.82) is 0 Å². The van der Waals surface area contributed by atoms with Crippen molar-refractivity contribution in [2.75, 3.05) is 12.4 Å². The van der Waals surface area contributed by atoms with Crippen LogP contribution in [0.2, 0.25) is 0 Å². The Morgan fingerprint density at radius 2 is 2.19 bits per heavy atom. The normalized spacial score (nSPS) is 12.7. The Morgan fingerprint density at radius 3 is 2.94 bits per heavy atom. The molecule has 0 fully saturated rings. The summed E-state index contributed by atoms with van der Waals surface area (Å²) in [6.07, 6.45) is 7.84.